The van der Waals surface area contributed by atoms with Crippen molar-refractivity contribution in [2.75, 3.05) is 13.2 Å². The van der Waals surface area contributed by atoms with Gasteiger partial charge in [0.05, 0.1) is 24.3 Å². The Labute approximate surface area is 116 Å². The minimum Gasteiger partial charge on any atom is -0.493 e. The molecule has 0 radical (unpaired) electrons. The SMILES string of the molecule is CCCNC(C#N)CCOc1ccccc1C(F)(F)F. The second-order valence-corrected chi connectivity index (χ2v) is 4.27. The molecule has 20 heavy (non-hydrogen) atoms. The van der Waals surface area contributed by atoms with Crippen molar-refractivity contribution in [1.82, 2.24) is 5.32 Å². The molecular weight excluding hydrogens is 269 g/mol. The molecular formula is C14H17F3N2O. The Bertz CT molecular complexity index is 454. The van der Waals surface area contributed by atoms with Crippen LogP contribution in [0.25, 0.3) is 0 Å². The van der Waals surface area contributed by atoms with E-state index in [1.165, 1.54) is 18.2 Å². The Morgan fingerprint density at radius 1 is 1.35 bits per heavy atom. The van der Waals surface area contributed by atoms with Crippen LogP contribution in [-0.2, 0) is 6.18 Å². The quantitative estimate of drug-likeness (QED) is 0.836. The molecule has 0 bridgehead atoms. The Morgan fingerprint density at radius 2 is 2.05 bits per heavy atom. The first-order valence-electron chi connectivity index (χ1n) is 6.41. The van der Waals surface area contributed by atoms with Gasteiger partial charge in [0.1, 0.15) is 5.75 Å². The van der Waals surface area contributed by atoms with Crippen LogP contribution < -0.4 is 10.1 Å². The van der Waals surface area contributed by atoms with E-state index in [1.807, 2.05) is 6.92 Å². The molecule has 1 N–H and O–H groups in total. The molecule has 0 amide bonds. The van der Waals surface area contributed by atoms with Crippen LogP contribution in [0.2, 0.25) is 0 Å². The van der Waals surface area contributed by atoms with Crippen molar-refractivity contribution in [1.29, 1.82) is 5.26 Å². The average Bonchev–Trinajstić information content (AvgIpc) is 2.42. The molecule has 6 heteroatoms. The van der Waals surface area contributed by atoms with E-state index in [0.717, 1.165) is 12.5 Å². The zero-order valence-electron chi connectivity index (χ0n) is 11.2. The van der Waals surface area contributed by atoms with Gasteiger partial charge in [-0.25, -0.2) is 0 Å². The van der Waals surface area contributed by atoms with E-state index < -0.39 is 17.8 Å². The number of ether oxygens (including phenoxy) is 1. The highest BCUT2D eigenvalue weighted by atomic mass is 19.4. The number of hydrogen-bond acceptors (Lipinski definition) is 3. The van der Waals surface area contributed by atoms with Gasteiger partial charge in [0, 0.05) is 6.42 Å². The van der Waals surface area contributed by atoms with Crippen LogP contribution >= 0.6 is 0 Å². The molecule has 0 saturated heterocycles. The van der Waals surface area contributed by atoms with E-state index in [2.05, 4.69) is 11.4 Å². The maximum absolute atomic E-state index is 12.7. The zero-order valence-corrected chi connectivity index (χ0v) is 11.2. The molecule has 1 aromatic rings. The molecule has 1 rings (SSSR count). The standard InChI is InChI=1S/C14H17F3N2O/c1-2-8-19-11(10-18)7-9-20-13-6-4-3-5-12(13)14(15,16)17/h3-6,11,19H,2,7-9H2,1H3. The summed E-state index contributed by atoms with van der Waals surface area (Å²) >= 11 is 0. The van der Waals surface area contributed by atoms with Gasteiger partial charge in [-0.15, -0.1) is 0 Å². The first-order valence-corrected chi connectivity index (χ1v) is 6.41. The highest BCUT2D eigenvalue weighted by Crippen LogP contribution is 2.35. The van der Waals surface area contributed by atoms with E-state index in [1.54, 1.807) is 0 Å². The lowest BCUT2D eigenvalue weighted by molar-refractivity contribution is -0.138. The molecule has 0 aromatic heterocycles. The number of nitrogens with one attached hydrogen (secondary N) is 1. The normalized spacial score (nSPS) is 12.8. The molecule has 0 fully saturated rings. The Morgan fingerprint density at radius 3 is 2.65 bits per heavy atom. The first-order chi connectivity index (χ1) is 9.49. The molecule has 0 saturated carbocycles. The minimum absolute atomic E-state index is 0.0576. The number of nitrogens with zero attached hydrogens (tertiary/aromatic N) is 1. The summed E-state index contributed by atoms with van der Waals surface area (Å²) in [4.78, 5) is 0. The summed E-state index contributed by atoms with van der Waals surface area (Å²) in [7, 11) is 0. The van der Waals surface area contributed by atoms with Crippen molar-refractivity contribution in [3.63, 3.8) is 0 Å². The molecule has 0 spiro atoms. The lowest BCUT2D eigenvalue weighted by Gasteiger charge is -2.15. The van der Waals surface area contributed by atoms with E-state index in [9.17, 15) is 13.2 Å². The highest BCUT2D eigenvalue weighted by molar-refractivity contribution is 5.35. The second-order valence-electron chi connectivity index (χ2n) is 4.27. The summed E-state index contributed by atoms with van der Waals surface area (Å²) in [6.07, 6.45) is -3.22. The fraction of sp³-hybridized carbons (Fsp3) is 0.500. The van der Waals surface area contributed by atoms with E-state index >= 15 is 0 Å². The molecule has 0 heterocycles. The summed E-state index contributed by atoms with van der Waals surface area (Å²) < 4.78 is 43.3. The third-order valence-corrected chi connectivity index (χ3v) is 2.65. The van der Waals surface area contributed by atoms with Gasteiger partial charge >= 0.3 is 6.18 Å². The van der Waals surface area contributed by atoms with Crippen LogP contribution in [0.3, 0.4) is 0 Å². The molecule has 1 unspecified atom stereocenters. The fourth-order valence-corrected chi connectivity index (χ4v) is 1.64. The van der Waals surface area contributed by atoms with Crippen LogP contribution in [0, 0.1) is 11.3 Å². The van der Waals surface area contributed by atoms with Gasteiger partial charge in [0.15, 0.2) is 0 Å². The Kier molecular flexibility index (Phi) is 6.32. The molecule has 0 aliphatic carbocycles. The van der Waals surface area contributed by atoms with Crippen LogP contribution in [0.5, 0.6) is 5.75 Å². The van der Waals surface area contributed by atoms with Crippen LogP contribution in [-0.4, -0.2) is 19.2 Å². The number of alkyl halides is 3. The maximum atomic E-state index is 12.7. The van der Waals surface area contributed by atoms with Gasteiger partial charge in [-0.1, -0.05) is 19.1 Å². The summed E-state index contributed by atoms with van der Waals surface area (Å²) in [5.41, 5.74) is -0.796. The lowest BCUT2D eigenvalue weighted by atomic mass is 10.2. The third kappa shape index (κ3) is 5.10. The third-order valence-electron chi connectivity index (χ3n) is 2.65. The van der Waals surface area contributed by atoms with Gasteiger partial charge in [-0.2, -0.15) is 18.4 Å². The second kappa shape index (κ2) is 7.75. The zero-order chi connectivity index (χ0) is 15.0. The topological polar surface area (TPSA) is 45.0 Å². The van der Waals surface area contributed by atoms with Crippen molar-refractivity contribution in [2.45, 2.75) is 32.0 Å². The Balaban J connectivity index is 2.56. The predicted molar refractivity (Wildman–Crippen MR) is 69.3 cm³/mol. The van der Waals surface area contributed by atoms with E-state index in [0.29, 0.717) is 13.0 Å². The van der Waals surface area contributed by atoms with Crippen LogP contribution in [0.15, 0.2) is 24.3 Å². The smallest absolute Gasteiger partial charge is 0.419 e. The van der Waals surface area contributed by atoms with Gasteiger partial charge < -0.3 is 10.1 Å². The Hall–Kier alpha value is -1.74. The molecule has 1 atom stereocenters. The van der Waals surface area contributed by atoms with Crippen molar-refractivity contribution in [3.8, 4) is 11.8 Å². The molecule has 110 valence electrons. The summed E-state index contributed by atoms with van der Waals surface area (Å²) in [5, 5.41) is 11.9. The molecule has 1 aromatic carbocycles. The van der Waals surface area contributed by atoms with Crippen LogP contribution in [0.1, 0.15) is 25.3 Å². The van der Waals surface area contributed by atoms with Gasteiger partial charge in [0.2, 0.25) is 0 Å². The molecule has 0 aliphatic heterocycles. The average molecular weight is 286 g/mol. The summed E-state index contributed by atoms with van der Waals surface area (Å²) in [6.45, 7) is 2.72. The molecule has 0 aliphatic rings. The van der Waals surface area contributed by atoms with Crippen LogP contribution in [0.4, 0.5) is 13.2 Å². The summed E-state index contributed by atoms with van der Waals surface area (Å²) in [5.74, 6) is -0.202. The number of hydrogen-bond donors (Lipinski definition) is 1. The monoisotopic (exact) mass is 286 g/mol. The van der Waals surface area contributed by atoms with Crippen molar-refractivity contribution in [3.05, 3.63) is 29.8 Å². The number of halogens is 3. The predicted octanol–water partition coefficient (Wildman–Crippen LogP) is 3.37. The maximum Gasteiger partial charge on any atom is 0.419 e. The fourth-order valence-electron chi connectivity index (χ4n) is 1.64. The number of benzene rings is 1. The number of rotatable bonds is 7. The van der Waals surface area contributed by atoms with Gasteiger partial charge in [-0.3, -0.25) is 0 Å². The number of nitriles is 1. The number of para-hydroxylation sites is 1. The van der Waals surface area contributed by atoms with E-state index in [4.69, 9.17) is 10.00 Å². The van der Waals surface area contributed by atoms with Crippen molar-refractivity contribution < 1.29 is 17.9 Å². The largest absolute Gasteiger partial charge is 0.493 e. The van der Waals surface area contributed by atoms with Gasteiger partial charge in [-0.05, 0) is 25.1 Å². The van der Waals surface area contributed by atoms with Crippen molar-refractivity contribution in [2.24, 2.45) is 0 Å². The molecule has 3 nitrogen and oxygen atoms in total. The van der Waals surface area contributed by atoms with Crippen molar-refractivity contribution >= 4 is 0 Å². The minimum atomic E-state index is -4.44. The lowest BCUT2D eigenvalue weighted by Crippen LogP contribution is -2.29. The van der Waals surface area contributed by atoms with Gasteiger partial charge in [0.25, 0.3) is 0 Å². The summed E-state index contributed by atoms with van der Waals surface area (Å²) in [6, 6.07) is 6.71. The first kappa shape index (κ1) is 16.3. The van der Waals surface area contributed by atoms with E-state index in [-0.39, 0.29) is 12.4 Å². The highest BCUT2D eigenvalue weighted by Gasteiger charge is 2.33.